The lowest BCUT2D eigenvalue weighted by molar-refractivity contribution is 0.712. The van der Waals surface area contributed by atoms with Crippen LogP contribution in [0, 0.1) is 0 Å². The fraction of sp³-hybridized carbons (Fsp3) is 0.333. The number of benzene rings is 2. The van der Waals surface area contributed by atoms with E-state index in [9.17, 15) is 0 Å². The fourth-order valence-corrected chi connectivity index (χ4v) is 5.16. The quantitative estimate of drug-likeness (QED) is 0.354. The molecule has 0 nitrogen and oxygen atoms in total. The Morgan fingerprint density at radius 1 is 0.650 bits per heavy atom. The maximum absolute atomic E-state index is 3.51. The second-order valence-corrected chi connectivity index (χ2v) is 8.06. The molecule has 0 N–H and O–H groups in total. The Labute approximate surface area is 132 Å². The van der Waals surface area contributed by atoms with Crippen molar-refractivity contribution >= 4 is 34.5 Å². The highest BCUT2D eigenvalue weighted by Gasteiger charge is 2.12. The van der Waals surface area contributed by atoms with Gasteiger partial charge in [0.2, 0.25) is 0 Å². The van der Waals surface area contributed by atoms with Crippen molar-refractivity contribution in [2.45, 2.75) is 25.7 Å². The van der Waals surface area contributed by atoms with E-state index in [1.54, 1.807) is 0 Å². The van der Waals surface area contributed by atoms with Gasteiger partial charge in [0.25, 0.3) is 0 Å². The molecule has 2 aromatic carbocycles. The summed E-state index contributed by atoms with van der Waals surface area (Å²) in [5.41, 5.74) is 0. The summed E-state index contributed by atoms with van der Waals surface area (Å²) < 4.78 is 0. The molecule has 0 atom stereocenters. The molecule has 0 radical (unpaired) electrons. The molecule has 0 amide bonds. The molecule has 0 aliphatic carbocycles. The van der Waals surface area contributed by atoms with Crippen LogP contribution in [0.2, 0.25) is 0 Å². The van der Waals surface area contributed by atoms with Gasteiger partial charge in [-0.25, -0.2) is 0 Å². The van der Waals surface area contributed by atoms with Crippen molar-refractivity contribution in [1.29, 1.82) is 0 Å². The van der Waals surface area contributed by atoms with E-state index in [1.807, 2.05) is 0 Å². The Morgan fingerprint density at radius 3 is 1.65 bits per heavy atom. The van der Waals surface area contributed by atoms with Gasteiger partial charge in [0, 0.05) is 5.33 Å². The second kappa shape index (κ2) is 9.32. The Kier molecular flexibility index (Phi) is 7.33. The molecule has 20 heavy (non-hydrogen) atoms. The third-order valence-electron chi connectivity index (χ3n) is 3.40. The van der Waals surface area contributed by atoms with E-state index >= 15 is 0 Å². The Morgan fingerprint density at radius 2 is 1.15 bits per heavy atom. The minimum atomic E-state index is -0.183. The summed E-state index contributed by atoms with van der Waals surface area (Å²) in [6.07, 6.45) is 6.64. The molecule has 0 aliphatic heterocycles. The zero-order chi connectivity index (χ0) is 14.0. The third-order valence-corrected chi connectivity index (χ3v) is 6.57. The van der Waals surface area contributed by atoms with E-state index in [0.29, 0.717) is 0 Å². The molecular formula is C18H22BrP. The van der Waals surface area contributed by atoms with Crippen LogP contribution < -0.4 is 10.6 Å². The average Bonchev–Trinajstić information content (AvgIpc) is 2.53. The van der Waals surface area contributed by atoms with Crippen LogP contribution >= 0.6 is 23.9 Å². The normalized spacial score (nSPS) is 10.9. The molecule has 0 spiro atoms. The number of alkyl halides is 1. The first kappa shape index (κ1) is 15.7. The molecule has 0 fully saturated rings. The number of hydrogen-bond acceptors (Lipinski definition) is 0. The molecular weight excluding hydrogens is 327 g/mol. The Hall–Kier alpha value is -0.650. The lowest BCUT2D eigenvalue weighted by Gasteiger charge is -2.18. The van der Waals surface area contributed by atoms with Crippen LogP contribution in [-0.4, -0.2) is 11.5 Å². The van der Waals surface area contributed by atoms with E-state index in [1.165, 1.54) is 42.5 Å². The van der Waals surface area contributed by atoms with Crippen LogP contribution in [0.15, 0.2) is 60.7 Å². The maximum Gasteiger partial charge on any atom is 0.00313 e. The van der Waals surface area contributed by atoms with Gasteiger partial charge in [-0.2, -0.15) is 0 Å². The fourth-order valence-electron chi connectivity index (χ4n) is 2.34. The SMILES string of the molecule is BrCCCCCCP(c1ccccc1)c1ccccc1. The molecule has 2 aromatic rings. The Bertz CT molecular complexity index is 430. The van der Waals surface area contributed by atoms with Crippen molar-refractivity contribution in [3.8, 4) is 0 Å². The summed E-state index contributed by atoms with van der Waals surface area (Å²) in [7, 11) is -0.183. The van der Waals surface area contributed by atoms with Crippen LogP contribution in [0.1, 0.15) is 25.7 Å². The molecule has 0 saturated carbocycles. The summed E-state index contributed by atoms with van der Waals surface area (Å²) in [5, 5.41) is 4.16. The first-order valence-corrected chi connectivity index (χ1v) is 10.0. The van der Waals surface area contributed by atoms with Crippen molar-refractivity contribution in [2.24, 2.45) is 0 Å². The smallest absolute Gasteiger partial charge is 0.00313 e. The van der Waals surface area contributed by atoms with Crippen LogP contribution in [0.5, 0.6) is 0 Å². The minimum Gasteiger partial charge on any atom is -0.0928 e. The second-order valence-electron chi connectivity index (χ2n) is 4.93. The topological polar surface area (TPSA) is 0 Å². The van der Waals surface area contributed by atoms with Gasteiger partial charge in [-0.05, 0) is 37.5 Å². The van der Waals surface area contributed by atoms with Gasteiger partial charge in [0.15, 0.2) is 0 Å². The van der Waals surface area contributed by atoms with E-state index < -0.39 is 0 Å². The van der Waals surface area contributed by atoms with E-state index in [0.717, 1.165) is 5.33 Å². The molecule has 0 saturated heterocycles. The van der Waals surface area contributed by atoms with Crippen LogP contribution in [0.3, 0.4) is 0 Å². The van der Waals surface area contributed by atoms with Crippen LogP contribution in [0.4, 0.5) is 0 Å². The molecule has 106 valence electrons. The van der Waals surface area contributed by atoms with Gasteiger partial charge < -0.3 is 0 Å². The van der Waals surface area contributed by atoms with Crippen molar-refractivity contribution in [2.75, 3.05) is 11.5 Å². The number of hydrogen-bond donors (Lipinski definition) is 0. The highest BCUT2D eigenvalue weighted by atomic mass is 79.9. The van der Waals surface area contributed by atoms with Gasteiger partial charge in [0.05, 0.1) is 0 Å². The summed E-state index contributed by atoms with van der Waals surface area (Å²) in [6.45, 7) is 0. The van der Waals surface area contributed by atoms with E-state index in [4.69, 9.17) is 0 Å². The molecule has 0 aromatic heterocycles. The first-order valence-electron chi connectivity index (χ1n) is 7.35. The number of halogens is 1. The molecule has 0 aliphatic rings. The molecule has 0 unspecified atom stereocenters. The van der Waals surface area contributed by atoms with Crippen LogP contribution in [0.25, 0.3) is 0 Å². The van der Waals surface area contributed by atoms with Crippen molar-refractivity contribution < 1.29 is 0 Å². The Balaban J connectivity index is 2.02. The minimum absolute atomic E-state index is 0.183. The predicted octanol–water partition coefficient (Wildman–Crippen LogP) is 5.07. The molecule has 2 heteroatoms. The van der Waals surface area contributed by atoms with Crippen molar-refractivity contribution in [3.63, 3.8) is 0 Å². The van der Waals surface area contributed by atoms with Crippen molar-refractivity contribution in [1.82, 2.24) is 0 Å². The summed E-state index contributed by atoms with van der Waals surface area (Å²) >= 11 is 3.51. The first-order chi connectivity index (χ1) is 9.92. The van der Waals surface area contributed by atoms with E-state index in [-0.39, 0.29) is 7.92 Å². The summed E-state index contributed by atoms with van der Waals surface area (Å²) in [6, 6.07) is 22.0. The largest absolute Gasteiger partial charge is 0.0928 e. The average molecular weight is 349 g/mol. The van der Waals surface area contributed by atoms with Gasteiger partial charge >= 0.3 is 0 Å². The molecule has 2 rings (SSSR count). The predicted molar refractivity (Wildman–Crippen MR) is 96.2 cm³/mol. The lowest BCUT2D eigenvalue weighted by atomic mass is 10.2. The van der Waals surface area contributed by atoms with Gasteiger partial charge in [0.1, 0.15) is 0 Å². The lowest BCUT2D eigenvalue weighted by Crippen LogP contribution is -2.13. The highest BCUT2D eigenvalue weighted by Crippen LogP contribution is 2.34. The molecule has 0 bridgehead atoms. The van der Waals surface area contributed by atoms with E-state index in [2.05, 4.69) is 76.6 Å². The zero-order valence-corrected chi connectivity index (χ0v) is 14.3. The van der Waals surface area contributed by atoms with Gasteiger partial charge in [-0.1, -0.05) is 89.4 Å². The van der Waals surface area contributed by atoms with Gasteiger partial charge in [-0.3, -0.25) is 0 Å². The maximum atomic E-state index is 3.51. The van der Waals surface area contributed by atoms with Gasteiger partial charge in [-0.15, -0.1) is 0 Å². The number of rotatable bonds is 8. The van der Waals surface area contributed by atoms with Crippen LogP contribution in [-0.2, 0) is 0 Å². The third kappa shape index (κ3) is 5.04. The highest BCUT2D eigenvalue weighted by molar-refractivity contribution is 9.09. The zero-order valence-electron chi connectivity index (χ0n) is 11.8. The number of unbranched alkanes of at least 4 members (excludes halogenated alkanes) is 3. The summed E-state index contributed by atoms with van der Waals surface area (Å²) in [4.78, 5) is 0. The molecule has 0 heterocycles. The van der Waals surface area contributed by atoms with Crippen molar-refractivity contribution in [3.05, 3.63) is 60.7 Å². The summed E-state index contributed by atoms with van der Waals surface area (Å²) in [5.74, 6) is 0. The monoisotopic (exact) mass is 348 g/mol. The standard InChI is InChI=1S/C18H22BrP/c19-15-9-1-2-10-16-20(17-11-5-3-6-12-17)18-13-7-4-8-14-18/h3-8,11-14H,1-2,9-10,15-16H2.